The van der Waals surface area contributed by atoms with Gasteiger partial charge in [-0.15, -0.1) is 10.2 Å². The lowest BCUT2D eigenvalue weighted by atomic mass is 10.1. The number of benzene rings is 2. The van der Waals surface area contributed by atoms with Crippen LogP contribution in [0.25, 0.3) is 11.4 Å². The fourth-order valence-electron chi connectivity index (χ4n) is 2.72. The van der Waals surface area contributed by atoms with Gasteiger partial charge in [-0.1, -0.05) is 0 Å². The predicted octanol–water partition coefficient (Wildman–Crippen LogP) is 5.16. The number of rotatable bonds is 5. The molecule has 0 saturated heterocycles. The van der Waals surface area contributed by atoms with E-state index in [0.717, 1.165) is 22.6 Å². The smallest absolute Gasteiger partial charge is 0.226 e. The highest BCUT2D eigenvalue weighted by Gasteiger charge is 2.10. The number of anilines is 2. The Morgan fingerprint density at radius 3 is 2.32 bits per heavy atom. The number of ether oxygens (including phenoxy) is 1. The van der Waals surface area contributed by atoms with Crippen molar-refractivity contribution in [3.63, 3.8) is 0 Å². The molecule has 0 aliphatic heterocycles. The maximum Gasteiger partial charge on any atom is 0.226 e. The maximum atomic E-state index is 13.6. The molecule has 2 aromatic heterocycles. The molecule has 0 aliphatic carbocycles. The minimum absolute atomic E-state index is 0.226. The number of pyridine rings is 1. The van der Waals surface area contributed by atoms with Gasteiger partial charge in [0, 0.05) is 23.6 Å². The van der Waals surface area contributed by atoms with Gasteiger partial charge in [0.2, 0.25) is 5.95 Å². The number of aromatic amines is 1. The summed E-state index contributed by atoms with van der Waals surface area (Å²) in [6.45, 7) is 3.61. The van der Waals surface area contributed by atoms with E-state index in [9.17, 15) is 4.39 Å². The third-order valence-electron chi connectivity index (χ3n) is 4.47. The quantitative estimate of drug-likeness (QED) is 0.504. The second-order valence-corrected chi connectivity index (χ2v) is 6.30. The zero-order valence-electron chi connectivity index (χ0n) is 15.4. The first-order valence-electron chi connectivity index (χ1n) is 8.74. The van der Waals surface area contributed by atoms with Crippen LogP contribution in [0.3, 0.4) is 0 Å². The fraction of sp³-hybridized carbons (Fsp3) is 0.0952. The lowest BCUT2D eigenvalue weighted by molar-refractivity contribution is 0.482. The average molecular weight is 375 g/mol. The molecule has 2 N–H and O–H groups in total. The summed E-state index contributed by atoms with van der Waals surface area (Å²) in [7, 11) is 0. The second-order valence-electron chi connectivity index (χ2n) is 6.30. The number of hydrogen-bond donors (Lipinski definition) is 2. The van der Waals surface area contributed by atoms with Crippen LogP contribution in [0.15, 0.2) is 60.9 Å². The molecule has 0 atom stereocenters. The first-order valence-corrected chi connectivity index (χ1v) is 8.74. The molecule has 0 spiro atoms. The highest BCUT2D eigenvalue weighted by molar-refractivity contribution is 5.63. The summed E-state index contributed by atoms with van der Waals surface area (Å²) < 4.78 is 19.4. The van der Waals surface area contributed by atoms with Crippen molar-refractivity contribution in [3.8, 4) is 22.9 Å². The molecule has 7 heteroatoms. The van der Waals surface area contributed by atoms with Gasteiger partial charge in [-0.2, -0.15) is 0 Å². The van der Waals surface area contributed by atoms with Crippen LogP contribution in [0.5, 0.6) is 11.5 Å². The first-order chi connectivity index (χ1) is 13.6. The highest BCUT2D eigenvalue weighted by atomic mass is 19.1. The molecule has 0 saturated carbocycles. The Kier molecular flexibility index (Phi) is 4.72. The molecule has 6 nitrogen and oxygen atoms in total. The molecule has 2 aromatic carbocycles. The van der Waals surface area contributed by atoms with Gasteiger partial charge in [-0.25, -0.2) is 4.39 Å². The lowest BCUT2D eigenvalue weighted by Crippen LogP contribution is -1.98. The molecule has 0 amide bonds. The number of nitrogens with zero attached hydrogens (tertiary/aromatic N) is 3. The molecular weight excluding hydrogens is 357 g/mol. The topological polar surface area (TPSA) is 75.7 Å². The number of aromatic nitrogens is 4. The van der Waals surface area contributed by atoms with E-state index in [1.165, 1.54) is 6.07 Å². The van der Waals surface area contributed by atoms with Crippen molar-refractivity contribution in [2.45, 2.75) is 13.8 Å². The zero-order chi connectivity index (χ0) is 19.5. The van der Waals surface area contributed by atoms with Crippen molar-refractivity contribution >= 4 is 11.6 Å². The van der Waals surface area contributed by atoms with E-state index in [1.54, 1.807) is 37.5 Å². The minimum Gasteiger partial charge on any atom is -0.457 e. The van der Waals surface area contributed by atoms with Gasteiger partial charge in [0.1, 0.15) is 17.3 Å². The second kappa shape index (κ2) is 7.48. The first kappa shape index (κ1) is 17.7. The Morgan fingerprint density at radius 2 is 1.57 bits per heavy atom. The number of halogens is 1. The molecule has 4 aromatic rings. The van der Waals surface area contributed by atoms with Gasteiger partial charge in [0.05, 0.1) is 0 Å². The third-order valence-corrected chi connectivity index (χ3v) is 4.47. The number of hydrogen-bond acceptors (Lipinski definition) is 5. The average Bonchev–Trinajstić information content (AvgIpc) is 3.18. The van der Waals surface area contributed by atoms with Crippen LogP contribution in [0, 0.1) is 19.7 Å². The fourth-order valence-corrected chi connectivity index (χ4v) is 2.72. The summed E-state index contributed by atoms with van der Waals surface area (Å²) in [4.78, 5) is 7.10. The molecule has 4 rings (SSSR count). The monoisotopic (exact) mass is 375 g/mol. The van der Waals surface area contributed by atoms with Crippen molar-refractivity contribution in [2.75, 3.05) is 5.32 Å². The molecule has 2 heterocycles. The SMILES string of the molecule is Cc1c(F)ccc(Nc2nnc(-c3ccc(Oc4ccncc4)cc3)[nH]2)c1C. The van der Waals surface area contributed by atoms with Gasteiger partial charge in [0.15, 0.2) is 5.82 Å². The third kappa shape index (κ3) is 3.68. The standard InChI is InChI=1S/C21H18FN5O/c1-13-14(2)19(8-7-18(13)22)24-21-25-20(26-27-21)15-3-5-16(6-4-15)28-17-9-11-23-12-10-17/h3-12H,1-2H3,(H2,24,25,26,27). The van der Waals surface area contributed by atoms with Crippen LogP contribution in [-0.4, -0.2) is 20.2 Å². The van der Waals surface area contributed by atoms with E-state index in [4.69, 9.17) is 4.74 Å². The van der Waals surface area contributed by atoms with Crippen LogP contribution in [-0.2, 0) is 0 Å². The Balaban J connectivity index is 1.49. The van der Waals surface area contributed by atoms with Gasteiger partial charge in [0.25, 0.3) is 0 Å². The van der Waals surface area contributed by atoms with Gasteiger partial charge in [-0.3, -0.25) is 4.98 Å². The van der Waals surface area contributed by atoms with E-state index in [2.05, 4.69) is 25.5 Å². The maximum absolute atomic E-state index is 13.6. The Morgan fingerprint density at radius 1 is 0.857 bits per heavy atom. The lowest BCUT2D eigenvalue weighted by Gasteiger charge is -2.09. The van der Waals surface area contributed by atoms with Gasteiger partial charge >= 0.3 is 0 Å². The summed E-state index contributed by atoms with van der Waals surface area (Å²) in [6, 6.07) is 14.2. The molecule has 0 fully saturated rings. The number of nitrogens with one attached hydrogen (secondary N) is 2. The summed E-state index contributed by atoms with van der Waals surface area (Å²) >= 11 is 0. The molecule has 0 unspecified atom stereocenters. The van der Waals surface area contributed by atoms with Crippen molar-refractivity contribution in [3.05, 3.63) is 77.9 Å². The Bertz CT molecular complexity index is 1090. The van der Waals surface area contributed by atoms with E-state index in [0.29, 0.717) is 23.1 Å². The highest BCUT2D eigenvalue weighted by Crippen LogP contribution is 2.26. The normalized spacial score (nSPS) is 10.7. The Hall–Kier alpha value is -3.74. The minimum atomic E-state index is -0.226. The predicted molar refractivity (Wildman–Crippen MR) is 105 cm³/mol. The van der Waals surface area contributed by atoms with Crippen molar-refractivity contribution in [2.24, 2.45) is 0 Å². The summed E-state index contributed by atoms with van der Waals surface area (Å²) in [5.74, 6) is 2.31. The molecule has 28 heavy (non-hydrogen) atoms. The van der Waals surface area contributed by atoms with Crippen molar-refractivity contribution < 1.29 is 9.13 Å². The van der Waals surface area contributed by atoms with Crippen molar-refractivity contribution in [1.29, 1.82) is 0 Å². The van der Waals surface area contributed by atoms with Gasteiger partial charge < -0.3 is 15.0 Å². The van der Waals surface area contributed by atoms with E-state index >= 15 is 0 Å². The number of H-pyrrole nitrogens is 1. The van der Waals surface area contributed by atoms with Gasteiger partial charge in [-0.05, 0) is 73.5 Å². The molecule has 0 bridgehead atoms. The molecule has 140 valence electrons. The van der Waals surface area contributed by atoms with E-state index in [1.807, 2.05) is 31.2 Å². The van der Waals surface area contributed by atoms with Crippen LogP contribution in [0.4, 0.5) is 16.0 Å². The van der Waals surface area contributed by atoms with Crippen molar-refractivity contribution in [1.82, 2.24) is 20.2 Å². The molecular formula is C21H18FN5O. The van der Waals surface area contributed by atoms with E-state index in [-0.39, 0.29) is 5.82 Å². The summed E-state index contributed by atoms with van der Waals surface area (Å²) in [5, 5.41) is 11.4. The van der Waals surface area contributed by atoms with E-state index < -0.39 is 0 Å². The van der Waals surface area contributed by atoms with Crippen LogP contribution < -0.4 is 10.1 Å². The zero-order valence-corrected chi connectivity index (χ0v) is 15.4. The Labute approximate surface area is 161 Å². The van der Waals surface area contributed by atoms with Crippen LogP contribution in [0.2, 0.25) is 0 Å². The molecule has 0 aliphatic rings. The largest absolute Gasteiger partial charge is 0.457 e. The summed E-state index contributed by atoms with van der Waals surface area (Å²) in [5.41, 5.74) is 3.09. The van der Waals surface area contributed by atoms with Crippen LogP contribution in [0.1, 0.15) is 11.1 Å². The van der Waals surface area contributed by atoms with Crippen LogP contribution >= 0.6 is 0 Å². The summed E-state index contributed by atoms with van der Waals surface area (Å²) in [6.07, 6.45) is 3.36. The molecule has 0 radical (unpaired) electrons.